The minimum atomic E-state index is 1.02. The van der Waals surface area contributed by atoms with Gasteiger partial charge >= 0.3 is 0 Å². The van der Waals surface area contributed by atoms with Gasteiger partial charge in [-0.15, -0.1) is 0 Å². The molecule has 1 aliphatic rings. The summed E-state index contributed by atoms with van der Waals surface area (Å²) in [6, 6.07) is 6.73. The lowest BCUT2D eigenvalue weighted by Crippen LogP contribution is -1.92. The van der Waals surface area contributed by atoms with Crippen LogP contribution in [-0.2, 0) is 19.3 Å². The summed E-state index contributed by atoms with van der Waals surface area (Å²) >= 11 is 0. The van der Waals surface area contributed by atoms with Crippen molar-refractivity contribution in [2.24, 2.45) is 0 Å². The first kappa shape index (κ1) is 8.90. The van der Waals surface area contributed by atoms with E-state index in [1.807, 2.05) is 6.20 Å². The summed E-state index contributed by atoms with van der Waals surface area (Å²) < 4.78 is 0. The second-order valence-electron chi connectivity index (χ2n) is 4.26. The highest BCUT2D eigenvalue weighted by molar-refractivity contribution is 5.88. The van der Waals surface area contributed by atoms with Crippen LogP contribution in [0.15, 0.2) is 24.4 Å². The van der Waals surface area contributed by atoms with Crippen LogP contribution < -0.4 is 0 Å². The van der Waals surface area contributed by atoms with Crippen molar-refractivity contribution in [3.05, 3.63) is 41.2 Å². The third-order valence-corrected chi connectivity index (χ3v) is 3.44. The molecule has 1 aromatic heterocycles. The lowest BCUT2D eigenvalue weighted by Gasteiger charge is -2.07. The van der Waals surface area contributed by atoms with Gasteiger partial charge in [-0.05, 0) is 48.3 Å². The van der Waals surface area contributed by atoms with Crippen molar-refractivity contribution in [3.63, 3.8) is 0 Å². The van der Waals surface area contributed by atoms with Crippen LogP contribution >= 0.6 is 0 Å². The average Bonchev–Trinajstić information content (AvgIpc) is 2.76. The number of nitrogens with zero attached hydrogens (tertiary/aromatic N) is 1. The molecule has 2 aromatic rings. The first-order valence-corrected chi connectivity index (χ1v) is 5.78. The van der Waals surface area contributed by atoms with Crippen LogP contribution in [-0.4, -0.2) is 4.98 Å². The van der Waals surface area contributed by atoms with Gasteiger partial charge in [-0.2, -0.15) is 0 Å². The molecular weight excluding hydrogens is 182 g/mol. The van der Waals surface area contributed by atoms with E-state index >= 15 is 0 Å². The van der Waals surface area contributed by atoms with Gasteiger partial charge in [0.25, 0.3) is 0 Å². The zero-order chi connectivity index (χ0) is 10.3. The molecule has 1 nitrogen and oxygen atoms in total. The fourth-order valence-corrected chi connectivity index (χ4v) is 2.69. The molecule has 0 N–H and O–H groups in total. The van der Waals surface area contributed by atoms with E-state index in [1.165, 1.54) is 35.7 Å². The Morgan fingerprint density at radius 3 is 2.93 bits per heavy atom. The Kier molecular flexibility index (Phi) is 1.98. The van der Waals surface area contributed by atoms with Gasteiger partial charge in [0.05, 0.1) is 0 Å². The summed E-state index contributed by atoms with van der Waals surface area (Å²) in [5, 5.41) is 2.80. The molecule has 76 valence electrons. The van der Waals surface area contributed by atoms with Crippen molar-refractivity contribution in [3.8, 4) is 0 Å². The summed E-state index contributed by atoms with van der Waals surface area (Å²) in [6.07, 6.45) is 6.81. The lowest BCUT2D eigenvalue weighted by atomic mass is 10.00. The van der Waals surface area contributed by atoms with Gasteiger partial charge in [0.2, 0.25) is 0 Å². The second kappa shape index (κ2) is 3.34. The number of pyridine rings is 1. The fraction of sp³-hybridized carbons (Fsp3) is 0.357. The van der Waals surface area contributed by atoms with Gasteiger partial charge in [0.1, 0.15) is 0 Å². The van der Waals surface area contributed by atoms with Crippen LogP contribution in [0.1, 0.15) is 30.2 Å². The van der Waals surface area contributed by atoms with Crippen LogP contribution in [0.25, 0.3) is 10.8 Å². The minimum absolute atomic E-state index is 1.02. The maximum absolute atomic E-state index is 4.45. The van der Waals surface area contributed by atoms with E-state index in [1.54, 1.807) is 11.1 Å². The summed E-state index contributed by atoms with van der Waals surface area (Å²) in [7, 11) is 0. The van der Waals surface area contributed by atoms with E-state index in [4.69, 9.17) is 0 Å². The molecule has 0 bridgehead atoms. The topological polar surface area (TPSA) is 12.9 Å². The molecule has 0 fully saturated rings. The molecule has 1 aromatic carbocycles. The number of hydrogen-bond donors (Lipinski definition) is 0. The highest BCUT2D eigenvalue weighted by atomic mass is 14.7. The quantitative estimate of drug-likeness (QED) is 0.683. The Balaban J connectivity index is 2.37. The van der Waals surface area contributed by atoms with Crippen LogP contribution in [0.2, 0.25) is 0 Å². The third-order valence-electron chi connectivity index (χ3n) is 3.44. The molecule has 15 heavy (non-hydrogen) atoms. The molecule has 0 aliphatic heterocycles. The van der Waals surface area contributed by atoms with E-state index in [-0.39, 0.29) is 0 Å². The van der Waals surface area contributed by atoms with Crippen molar-refractivity contribution < 1.29 is 0 Å². The van der Waals surface area contributed by atoms with Crippen LogP contribution in [0.5, 0.6) is 0 Å². The predicted octanol–water partition coefficient (Wildman–Crippen LogP) is 3.29. The molecule has 3 rings (SSSR count). The molecule has 0 saturated carbocycles. The molecule has 1 aliphatic carbocycles. The second-order valence-corrected chi connectivity index (χ2v) is 4.26. The standard InChI is InChI=1S/C14H15N/c1-2-14-13-7-6-10-4-3-5-11(10)12(13)8-9-15-14/h6-9H,2-5H2,1H3. The maximum Gasteiger partial charge on any atom is 0.0479 e. The normalized spacial score (nSPS) is 14.5. The van der Waals surface area contributed by atoms with Crippen molar-refractivity contribution in [2.75, 3.05) is 0 Å². The van der Waals surface area contributed by atoms with E-state index in [2.05, 4.69) is 30.1 Å². The van der Waals surface area contributed by atoms with Crippen LogP contribution in [0, 0.1) is 0 Å². The number of hydrogen-bond acceptors (Lipinski definition) is 1. The number of aryl methyl sites for hydroxylation is 3. The third kappa shape index (κ3) is 1.26. The van der Waals surface area contributed by atoms with Crippen molar-refractivity contribution in [2.45, 2.75) is 32.6 Å². The van der Waals surface area contributed by atoms with E-state index < -0.39 is 0 Å². The summed E-state index contributed by atoms with van der Waals surface area (Å²) in [5.41, 5.74) is 4.36. The highest BCUT2D eigenvalue weighted by Gasteiger charge is 2.14. The molecular formula is C14H15N. The summed E-state index contributed by atoms with van der Waals surface area (Å²) in [5.74, 6) is 0. The molecule has 0 radical (unpaired) electrons. The molecule has 1 heterocycles. The van der Waals surface area contributed by atoms with E-state index in [0.29, 0.717) is 0 Å². The smallest absolute Gasteiger partial charge is 0.0479 e. The summed E-state index contributed by atoms with van der Waals surface area (Å²) in [4.78, 5) is 4.45. The van der Waals surface area contributed by atoms with E-state index in [0.717, 1.165) is 6.42 Å². The van der Waals surface area contributed by atoms with Gasteiger partial charge in [-0.25, -0.2) is 0 Å². The Bertz CT molecular complexity index is 514. The number of benzene rings is 1. The van der Waals surface area contributed by atoms with Gasteiger partial charge in [0.15, 0.2) is 0 Å². The molecule has 0 saturated heterocycles. The molecule has 0 amide bonds. The maximum atomic E-state index is 4.45. The minimum Gasteiger partial charge on any atom is -0.261 e. The van der Waals surface area contributed by atoms with Crippen molar-refractivity contribution in [1.82, 2.24) is 4.98 Å². The average molecular weight is 197 g/mol. The molecule has 0 spiro atoms. The molecule has 0 atom stereocenters. The zero-order valence-corrected chi connectivity index (χ0v) is 9.09. The van der Waals surface area contributed by atoms with Crippen molar-refractivity contribution >= 4 is 10.8 Å². The number of rotatable bonds is 1. The number of fused-ring (bicyclic) bond motifs is 3. The van der Waals surface area contributed by atoms with Gasteiger partial charge in [0, 0.05) is 17.3 Å². The SMILES string of the molecule is CCc1nccc2c3c(ccc12)CCC3. The fourth-order valence-electron chi connectivity index (χ4n) is 2.69. The molecule has 0 unspecified atom stereocenters. The van der Waals surface area contributed by atoms with Crippen molar-refractivity contribution in [1.29, 1.82) is 0 Å². The Morgan fingerprint density at radius 1 is 1.13 bits per heavy atom. The van der Waals surface area contributed by atoms with Crippen LogP contribution in [0.3, 0.4) is 0 Å². The lowest BCUT2D eigenvalue weighted by molar-refractivity contribution is 0.913. The number of aromatic nitrogens is 1. The monoisotopic (exact) mass is 197 g/mol. The highest BCUT2D eigenvalue weighted by Crippen LogP contribution is 2.30. The Hall–Kier alpha value is -1.37. The first-order chi connectivity index (χ1) is 7.40. The Labute approximate surface area is 90.2 Å². The van der Waals surface area contributed by atoms with Gasteiger partial charge in [-0.1, -0.05) is 19.1 Å². The largest absolute Gasteiger partial charge is 0.261 e. The van der Waals surface area contributed by atoms with Crippen LogP contribution in [0.4, 0.5) is 0 Å². The Morgan fingerprint density at radius 2 is 2.07 bits per heavy atom. The van der Waals surface area contributed by atoms with Gasteiger partial charge in [-0.3, -0.25) is 4.98 Å². The zero-order valence-electron chi connectivity index (χ0n) is 9.09. The van der Waals surface area contributed by atoms with Gasteiger partial charge < -0.3 is 0 Å². The van der Waals surface area contributed by atoms with E-state index in [9.17, 15) is 0 Å². The first-order valence-electron chi connectivity index (χ1n) is 5.78. The molecule has 1 heteroatoms. The summed E-state index contributed by atoms with van der Waals surface area (Å²) in [6.45, 7) is 2.18. The predicted molar refractivity (Wildman–Crippen MR) is 63.1 cm³/mol.